The molecule has 0 unspecified atom stereocenters. The number of anilines is 3. The fourth-order valence-electron chi connectivity index (χ4n) is 3.35. The topological polar surface area (TPSA) is 149 Å². The van der Waals surface area contributed by atoms with Crippen LogP contribution in [0.25, 0.3) is 0 Å². The SMILES string of the molecule is COc1c(N)cc(C(C)(C)C)cc1NC(=O)c1ccc(C)c(N(N)/C=C(\N)C(=O)NCC(C)(C)C)c1. The van der Waals surface area contributed by atoms with Crippen LogP contribution in [0, 0.1) is 12.3 Å². The number of hydrogen-bond donors (Lipinski definition) is 5. The zero-order valence-electron chi connectivity index (χ0n) is 22.6. The van der Waals surface area contributed by atoms with Crippen LogP contribution >= 0.6 is 0 Å². The van der Waals surface area contributed by atoms with Crippen molar-refractivity contribution in [1.82, 2.24) is 5.32 Å². The van der Waals surface area contributed by atoms with Gasteiger partial charge in [-0.3, -0.25) is 14.6 Å². The van der Waals surface area contributed by atoms with E-state index >= 15 is 0 Å². The summed E-state index contributed by atoms with van der Waals surface area (Å²) < 4.78 is 5.44. The predicted octanol–water partition coefficient (Wildman–Crippen LogP) is 3.78. The molecule has 0 radical (unpaired) electrons. The number of aryl methyl sites for hydroxylation is 1. The lowest BCUT2D eigenvalue weighted by Gasteiger charge is -2.23. The number of methoxy groups -OCH3 is 1. The van der Waals surface area contributed by atoms with Gasteiger partial charge in [0.05, 0.1) is 24.2 Å². The summed E-state index contributed by atoms with van der Waals surface area (Å²) in [6.07, 6.45) is 1.33. The number of rotatable bonds is 7. The average molecular weight is 497 g/mol. The zero-order chi connectivity index (χ0) is 27.4. The normalized spacial score (nSPS) is 12.2. The van der Waals surface area contributed by atoms with E-state index in [1.807, 2.05) is 39.8 Å². The zero-order valence-corrected chi connectivity index (χ0v) is 22.6. The maximum atomic E-state index is 13.2. The highest BCUT2D eigenvalue weighted by atomic mass is 16.5. The van der Waals surface area contributed by atoms with Gasteiger partial charge in [-0.2, -0.15) is 0 Å². The number of hydrazine groups is 1. The Hall–Kier alpha value is -3.72. The summed E-state index contributed by atoms with van der Waals surface area (Å²) >= 11 is 0. The maximum Gasteiger partial charge on any atom is 0.268 e. The number of nitrogens with one attached hydrogen (secondary N) is 2. The van der Waals surface area contributed by atoms with E-state index in [-0.39, 0.29) is 22.4 Å². The predicted molar refractivity (Wildman–Crippen MR) is 147 cm³/mol. The van der Waals surface area contributed by atoms with Crippen molar-refractivity contribution in [2.45, 2.75) is 53.9 Å². The fourth-order valence-corrected chi connectivity index (χ4v) is 3.35. The van der Waals surface area contributed by atoms with E-state index in [9.17, 15) is 9.59 Å². The summed E-state index contributed by atoms with van der Waals surface area (Å²) in [5.41, 5.74) is 15.4. The molecule has 2 aromatic carbocycles. The van der Waals surface area contributed by atoms with Crippen LogP contribution in [0.4, 0.5) is 17.1 Å². The minimum Gasteiger partial charge on any atom is -0.492 e. The first-order valence-corrected chi connectivity index (χ1v) is 11.7. The van der Waals surface area contributed by atoms with Gasteiger partial charge < -0.3 is 26.8 Å². The number of ether oxygens (including phenoxy) is 1. The Labute approximate surface area is 214 Å². The molecule has 2 aromatic rings. The number of nitrogen functional groups attached to an aromatic ring is 1. The second-order valence-electron chi connectivity index (χ2n) is 11.1. The fraction of sp³-hybridized carbons (Fsp3) is 0.407. The second kappa shape index (κ2) is 10.9. The van der Waals surface area contributed by atoms with Crippen molar-refractivity contribution in [1.29, 1.82) is 0 Å². The Bertz CT molecular complexity index is 1160. The lowest BCUT2D eigenvalue weighted by Crippen LogP contribution is -2.37. The van der Waals surface area contributed by atoms with Gasteiger partial charge in [0.25, 0.3) is 11.8 Å². The summed E-state index contributed by atoms with van der Waals surface area (Å²) in [4.78, 5) is 25.5. The van der Waals surface area contributed by atoms with Crippen LogP contribution in [0.3, 0.4) is 0 Å². The molecule has 0 heterocycles. The minimum absolute atomic E-state index is 0.0461. The largest absolute Gasteiger partial charge is 0.492 e. The van der Waals surface area contributed by atoms with Crippen molar-refractivity contribution >= 4 is 28.9 Å². The van der Waals surface area contributed by atoms with Crippen molar-refractivity contribution in [3.05, 3.63) is 58.9 Å². The Morgan fingerprint density at radius 3 is 2.28 bits per heavy atom. The Balaban J connectivity index is 2.32. The van der Waals surface area contributed by atoms with Crippen molar-refractivity contribution in [2.75, 3.05) is 29.7 Å². The third kappa shape index (κ3) is 7.39. The van der Waals surface area contributed by atoms with Crippen molar-refractivity contribution in [2.24, 2.45) is 17.0 Å². The molecular weight excluding hydrogens is 456 g/mol. The quantitative estimate of drug-likeness (QED) is 0.169. The van der Waals surface area contributed by atoms with Gasteiger partial charge in [-0.15, -0.1) is 0 Å². The molecule has 8 N–H and O–H groups in total. The highest BCUT2D eigenvalue weighted by Crippen LogP contribution is 2.37. The molecule has 0 aromatic heterocycles. The third-order valence-electron chi connectivity index (χ3n) is 5.51. The van der Waals surface area contributed by atoms with Gasteiger partial charge in [-0.1, -0.05) is 47.6 Å². The molecule has 9 heteroatoms. The number of amides is 2. The van der Waals surface area contributed by atoms with Crippen molar-refractivity contribution in [3.63, 3.8) is 0 Å². The van der Waals surface area contributed by atoms with Gasteiger partial charge in [0, 0.05) is 18.3 Å². The van der Waals surface area contributed by atoms with Gasteiger partial charge in [-0.25, -0.2) is 5.84 Å². The third-order valence-corrected chi connectivity index (χ3v) is 5.51. The van der Waals surface area contributed by atoms with Crippen LogP contribution in [0.2, 0.25) is 0 Å². The van der Waals surface area contributed by atoms with Gasteiger partial charge in [-0.05, 0) is 53.1 Å². The molecular formula is C27H40N6O3. The molecule has 36 heavy (non-hydrogen) atoms. The number of nitrogens with zero attached hydrogens (tertiary/aromatic N) is 1. The van der Waals surface area contributed by atoms with Gasteiger partial charge in [0.2, 0.25) is 0 Å². The summed E-state index contributed by atoms with van der Waals surface area (Å²) in [6, 6.07) is 8.79. The van der Waals surface area contributed by atoms with Gasteiger partial charge in [0.15, 0.2) is 5.75 Å². The van der Waals surface area contributed by atoms with Crippen molar-refractivity contribution in [3.8, 4) is 5.75 Å². The molecule has 196 valence electrons. The lowest BCUT2D eigenvalue weighted by molar-refractivity contribution is -0.117. The van der Waals surface area contributed by atoms with Crippen LogP contribution in [-0.2, 0) is 10.2 Å². The first-order chi connectivity index (χ1) is 16.5. The highest BCUT2D eigenvalue weighted by molar-refractivity contribution is 6.06. The number of hydrogen-bond acceptors (Lipinski definition) is 7. The number of nitrogens with two attached hydrogens (primary N) is 3. The molecule has 0 aliphatic heterocycles. The summed E-state index contributed by atoms with van der Waals surface area (Å²) in [5.74, 6) is 5.80. The Morgan fingerprint density at radius 1 is 1.08 bits per heavy atom. The maximum absolute atomic E-state index is 13.2. The molecule has 0 aliphatic rings. The summed E-state index contributed by atoms with van der Waals surface area (Å²) in [6.45, 7) is 14.5. The Morgan fingerprint density at radius 2 is 1.72 bits per heavy atom. The Kier molecular flexibility index (Phi) is 8.64. The first-order valence-electron chi connectivity index (χ1n) is 11.7. The van der Waals surface area contributed by atoms with E-state index in [1.54, 1.807) is 18.2 Å². The van der Waals surface area contributed by atoms with E-state index in [2.05, 4.69) is 31.4 Å². The molecule has 0 aliphatic carbocycles. The standard InChI is InChI=1S/C27H40N6O3/c1-16-9-10-17(11-22(16)33(30)14-20(29)25(35)31-15-26(2,3)4)24(34)32-21-13-18(27(5,6)7)12-19(28)23(21)36-8/h9-14H,15,28-30H2,1-8H3,(H,31,35)(H,32,34)/b20-14-. The van der Waals surface area contributed by atoms with Gasteiger partial charge >= 0.3 is 0 Å². The summed E-state index contributed by atoms with van der Waals surface area (Å²) in [7, 11) is 1.50. The first kappa shape index (κ1) is 28.5. The van der Waals surface area contributed by atoms with Gasteiger partial charge in [0.1, 0.15) is 5.70 Å². The molecule has 0 atom stereocenters. The monoisotopic (exact) mass is 496 g/mol. The molecule has 0 saturated carbocycles. The van der Waals surface area contributed by atoms with Crippen molar-refractivity contribution < 1.29 is 14.3 Å². The second-order valence-corrected chi connectivity index (χ2v) is 11.1. The van der Waals surface area contributed by atoms with Crippen LogP contribution in [0.1, 0.15) is 63.0 Å². The number of benzene rings is 2. The van der Waals surface area contributed by atoms with Crippen LogP contribution in [-0.4, -0.2) is 25.5 Å². The number of carbonyl (C=O) groups is 2. The summed E-state index contributed by atoms with van der Waals surface area (Å²) in [5, 5.41) is 6.91. The average Bonchev–Trinajstić information content (AvgIpc) is 2.76. The van der Waals surface area contributed by atoms with Crippen LogP contribution < -0.4 is 37.7 Å². The molecule has 0 saturated heterocycles. The number of carbonyl (C=O) groups excluding carboxylic acids is 2. The smallest absolute Gasteiger partial charge is 0.268 e. The van der Waals surface area contributed by atoms with Crippen LogP contribution in [0.5, 0.6) is 5.75 Å². The van der Waals surface area contributed by atoms with E-state index < -0.39 is 5.91 Å². The molecule has 0 fully saturated rings. The van der Waals surface area contributed by atoms with E-state index in [0.717, 1.165) is 11.1 Å². The van der Waals surface area contributed by atoms with E-state index in [4.69, 9.17) is 22.0 Å². The minimum atomic E-state index is -0.421. The molecule has 0 spiro atoms. The molecule has 2 rings (SSSR count). The molecule has 9 nitrogen and oxygen atoms in total. The van der Waals surface area contributed by atoms with E-state index in [0.29, 0.717) is 34.9 Å². The molecule has 2 amide bonds. The molecule has 0 bridgehead atoms. The lowest BCUT2D eigenvalue weighted by atomic mass is 9.86. The highest BCUT2D eigenvalue weighted by Gasteiger charge is 2.21. The van der Waals surface area contributed by atoms with Crippen LogP contribution in [0.15, 0.2) is 42.2 Å². The van der Waals surface area contributed by atoms with E-state index in [1.165, 1.54) is 18.3 Å².